The molecule has 0 saturated heterocycles. The van der Waals surface area contributed by atoms with Gasteiger partial charge in [0.25, 0.3) is 5.56 Å². The third kappa shape index (κ3) is 3.19. The first-order valence-corrected chi connectivity index (χ1v) is 7.22. The maximum absolute atomic E-state index is 12.2. The summed E-state index contributed by atoms with van der Waals surface area (Å²) in [5, 5.41) is 4.39. The van der Waals surface area contributed by atoms with Crippen LogP contribution in [-0.2, 0) is 4.74 Å². The minimum absolute atomic E-state index is 0.000113. The minimum atomic E-state index is -0.630. The lowest BCUT2D eigenvalue weighted by molar-refractivity contribution is 0.0525. The molecule has 1 aromatic carbocycles. The van der Waals surface area contributed by atoms with E-state index in [1.807, 2.05) is 6.92 Å². The lowest BCUT2D eigenvalue weighted by atomic mass is 10.1. The predicted octanol–water partition coefficient (Wildman–Crippen LogP) is 3.18. The largest absolute Gasteiger partial charge is 0.462 e. The van der Waals surface area contributed by atoms with Gasteiger partial charge in [-0.05, 0) is 31.5 Å². The van der Waals surface area contributed by atoms with Crippen molar-refractivity contribution in [2.24, 2.45) is 0 Å². The topological polar surface area (TPSA) is 71.2 Å². The number of benzene rings is 1. The van der Waals surface area contributed by atoms with Gasteiger partial charge in [-0.2, -0.15) is 0 Å². The van der Waals surface area contributed by atoms with Crippen molar-refractivity contribution in [3.05, 3.63) is 39.1 Å². The molecule has 0 unspecified atom stereocenters. The average Bonchev–Trinajstić information content (AvgIpc) is 2.44. The van der Waals surface area contributed by atoms with Gasteiger partial charge in [-0.1, -0.05) is 18.5 Å². The van der Waals surface area contributed by atoms with Crippen LogP contribution in [-0.4, -0.2) is 24.1 Å². The molecule has 21 heavy (non-hydrogen) atoms. The number of pyridine rings is 1. The molecule has 1 aromatic heterocycles. The molecule has 0 amide bonds. The van der Waals surface area contributed by atoms with E-state index in [9.17, 15) is 9.59 Å². The lowest BCUT2D eigenvalue weighted by Crippen LogP contribution is -2.23. The van der Waals surface area contributed by atoms with E-state index in [0.717, 1.165) is 11.8 Å². The summed E-state index contributed by atoms with van der Waals surface area (Å²) in [4.78, 5) is 26.9. The number of nitrogens with one attached hydrogen (secondary N) is 2. The quantitative estimate of drug-likeness (QED) is 0.832. The standard InChI is InChI=1S/C15H17ClN2O3/c1-3-7-17-13-10-6-5-9(16)8-11(10)18-14(19)12(13)15(20)21-4-2/h5-6,8H,3-4,7H2,1-2H3,(H2,17,18,19). The fraction of sp³-hybridized carbons (Fsp3) is 0.333. The SMILES string of the molecule is CCCNc1c(C(=O)OCC)c(=O)[nH]c2cc(Cl)ccc12. The highest BCUT2D eigenvalue weighted by Crippen LogP contribution is 2.26. The molecule has 0 atom stereocenters. The van der Waals surface area contributed by atoms with Crippen LogP contribution < -0.4 is 10.9 Å². The van der Waals surface area contributed by atoms with Gasteiger partial charge in [0.05, 0.1) is 17.8 Å². The Morgan fingerprint density at radius 1 is 1.38 bits per heavy atom. The first-order valence-electron chi connectivity index (χ1n) is 6.85. The molecule has 0 aliphatic rings. The Labute approximate surface area is 127 Å². The van der Waals surface area contributed by atoms with E-state index >= 15 is 0 Å². The first-order chi connectivity index (χ1) is 10.1. The van der Waals surface area contributed by atoms with Crippen molar-refractivity contribution in [1.29, 1.82) is 0 Å². The van der Waals surface area contributed by atoms with Crippen LogP contribution in [0.4, 0.5) is 5.69 Å². The van der Waals surface area contributed by atoms with E-state index in [1.54, 1.807) is 25.1 Å². The van der Waals surface area contributed by atoms with Crippen LogP contribution in [0.5, 0.6) is 0 Å². The molecule has 5 nitrogen and oxygen atoms in total. The van der Waals surface area contributed by atoms with E-state index in [0.29, 0.717) is 22.8 Å². The molecule has 0 bridgehead atoms. The van der Waals surface area contributed by atoms with Crippen molar-refractivity contribution < 1.29 is 9.53 Å². The average molecular weight is 309 g/mol. The molecule has 0 spiro atoms. The Bertz CT molecular complexity index is 725. The number of carbonyl (C=O) groups excluding carboxylic acids is 1. The number of esters is 1. The number of ether oxygens (including phenoxy) is 1. The number of hydrogen-bond acceptors (Lipinski definition) is 4. The van der Waals surface area contributed by atoms with E-state index in [2.05, 4.69) is 10.3 Å². The molecule has 0 aliphatic heterocycles. The molecular formula is C15H17ClN2O3. The fourth-order valence-corrected chi connectivity index (χ4v) is 2.27. The summed E-state index contributed by atoms with van der Waals surface area (Å²) in [6.07, 6.45) is 0.865. The smallest absolute Gasteiger partial charge is 0.345 e. The molecule has 2 rings (SSSR count). The monoisotopic (exact) mass is 308 g/mol. The molecule has 0 radical (unpaired) electrons. The van der Waals surface area contributed by atoms with Crippen molar-refractivity contribution in [3.8, 4) is 0 Å². The van der Waals surface area contributed by atoms with E-state index in [4.69, 9.17) is 16.3 Å². The summed E-state index contributed by atoms with van der Waals surface area (Å²) in [5.41, 5.74) is 0.590. The van der Waals surface area contributed by atoms with Crippen LogP contribution in [0.2, 0.25) is 5.02 Å². The molecule has 112 valence electrons. The van der Waals surface area contributed by atoms with Crippen LogP contribution in [0.3, 0.4) is 0 Å². The number of rotatable bonds is 5. The molecule has 0 fully saturated rings. The Morgan fingerprint density at radius 2 is 2.14 bits per heavy atom. The highest BCUT2D eigenvalue weighted by molar-refractivity contribution is 6.31. The molecule has 0 saturated carbocycles. The Balaban J connectivity index is 2.70. The Hall–Kier alpha value is -2.01. The predicted molar refractivity (Wildman–Crippen MR) is 84.3 cm³/mol. The third-order valence-corrected chi connectivity index (χ3v) is 3.24. The number of aromatic nitrogens is 1. The summed E-state index contributed by atoms with van der Waals surface area (Å²) in [7, 11) is 0. The highest BCUT2D eigenvalue weighted by atomic mass is 35.5. The van der Waals surface area contributed by atoms with Crippen molar-refractivity contribution in [2.75, 3.05) is 18.5 Å². The fourth-order valence-electron chi connectivity index (χ4n) is 2.10. The van der Waals surface area contributed by atoms with Crippen LogP contribution in [0.25, 0.3) is 10.9 Å². The first kappa shape index (κ1) is 15.4. The zero-order valence-electron chi connectivity index (χ0n) is 12.0. The molecule has 2 aromatic rings. The number of halogens is 1. The van der Waals surface area contributed by atoms with Gasteiger partial charge in [-0.15, -0.1) is 0 Å². The number of H-pyrrole nitrogens is 1. The van der Waals surface area contributed by atoms with E-state index in [-0.39, 0.29) is 12.2 Å². The minimum Gasteiger partial charge on any atom is -0.462 e. The van der Waals surface area contributed by atoms with Crippen LogP contribution in [0.1, 0.15) is 30.6 Å². The number of carbonyl (C=O) groups is 1. The van der Waals surface area contributed by atoms with Gasteiger partial charge in [-0.3, -0.25) is 4.79 Å². The van der Waals surface area contributed by atoms with Gasteiger partial charge < -0.3 is 15.0 Å². The van der Waals surface area contributed by atoms with Crippen LogP contribution >= 0.6 is 11.6 Å². The molecule has 2 N–H and O–H groups in total. The number of hydrogen-bond donors (Lipinski definition) is 2. The van der Waals surface area contributed by atoms with Crippen LogP contribution in [0.15, 0.2) is 23.0 Å². The van der Waals surface area contributed by atoms with Crippen LogP contribution in [0, 0.1) is 0 Å². The van der Waals surface area contributed by atoms with E-state index < -0.39 is 11.5 Å². The van der Waals surface area contributed by atoms with Crippen molar-refractivity contribution >= 4 is 34.2 Å². The lowest BCUT2D eigenvalue weighted by Gasteiger charge is -2.13. The maximum Gasteiger partial charge on any atom is 0.345 e. The zero-order chi connectivity index (χ0) is 15.4. The van der Waals surface area contributed by atoms with Gasteiger partial charge in [0.15, 0.2) is 0 Å². The summed E-state index contributed by atoms with van der Waals surface area (Å²) in [5.74, 6) is -0.630. The number of fused-ring (bicyclic) bond motifs is 1. The van der Waals surface area contributed by atoms with Crippen molar-refractivity contribution in [1.82, 2.24) is 4.98 Å². The highest BCUT2D eigenvalue weighted by Gasteiger charge is 2.20. The normalized spacial score (nSPS) is 10.6. The second kappa shape index (κ2) is 6.63. The Kier molecular flexibility index (Phi) is 4.85. The summed E-state index contributed by atoms with van der Waals surface area (Å²) in [6.45, 7) is 4.56. The van der Waals surface area contributed by atoms with Gasteiger partial charge in [-0.25, -0.2) is 4.79 Å². The summed E-state index contributed by atoms with van der Waals surface area (Å²) < 4.78 is 4.98. The third-order valence-electron chi connectivity index (χ3n) is 3.01. The molecule has 0 aliphatic carbocycles. The van der Waals surface area contributed by atoms with Gasteiger partial charge >= 0.3 is 5.97 Å². The molecular weight excluding hydrogens is 292 g/mol. The molecule has 1 heterocycles. The van der Waals surface area contributed by atoms with Gasteiger partial charge in [0.2, 0.25) is 0 Å². The second-order valence-electron chi connectivity index (χ2n) is 4.54. The maximum atomic E-state index is 12.2. The Morgan fingerprint density at radius 3 is 2.81 bits per heavy atom. The zero-order valence-corrected chi connectivity index (χ0v) is 12.7. The van der Waals surface area contributed by atoms with Crippen molar-refractivity contribution in [2.45, 2.75) is 20.3 Å². The van der Waals surface area contributed by atoms with Gasteiger partial charge in [0.1, 0.15) is 5.56 Å². The second-order valence-corrected chi connectivity index (χ2v) is 4.98. The summed E-state index contributed by atoms with van der Waals surface area (Å²) >= 11 is 5.95. The van der Waals surface area contributed by atoms with E-state index in [1.165, 1.54) is 0 Å². The molecule has 6 heteroatoms. The number of anilines is 1. The van der Waals surface area contributed by atoms with Gasteiger partial charge in [0, 0.05) is 17.0 Å². The summed E-state index contributed by atoms with van der Waals surface area (Å²) in [6, 6.07) is 5.15. The van der Waals surface area contributed by atoms with Crippen molar-refractivity contribution in [3.63, 3.8) is 0 Å². The number of aromatic amines is 1.